The minimum atomic E-state index is -0.838. The zero-order valence-electron chi connectivity index (χ0n) is 4.94. The highest BCUT2D eigenvalue weighted by Gasteiger charge is 2.02. The normalized spacial score (nSPS) is 9.90. The van der Waals surface area contributed by atoms with E-state index in [1.165, 1.54) is 6.07 Å². The fourth-order valence-electron chi connectivity index (χ4n) is 0.541. The van der Waals surface area contributed by atoms with Crippen molar-refractivity contribution in [2.75, 3.05) is 0 Å². The van der Waals surface area contributed by atoms with Gasteiger partial charge in [0.05, 0.1) is 5.88 Å². The van der Waals surface area contributed by atoms with Crippen molar-refractivity contribution in [2.45, 2.75) is 5.88 Å². The summed E-state index contributed by atoms with van der Waals surface area (Å²) in [6, 6.07) is 2.34. The quantitative estimate of drug-likeness (QED) is 0.456. The van der Waals surface area contributed by atoms with E-state index in [2.05, 4.69) is 4.98 Å². The summed E-state index contributed by atoms with van der Waals surface area (Å²) >= 11 is 5.28. The van der Waals surface area contributed by atoms with Crippen LogP contribution in [0.1, 0.15) is 5.56 Å². The number of pyridine rings is 1. The standard InChI is InChI=1S/C6H4ClF2N/c7-3-4-1-2-5(8)10-6(4)9/h1-2H,3H2. The molecule has 1 aromatic heterocycles. The van der Waals surface area contributed by atoms with Crippen molar-refractivity contribution in [2.24, 2.45) is 0 Å². The van der Waals surface area contributed by atoms with E-state index in [0.717, 1.165) is 6.07 Å². The summed E-state index contributed by atoms with van der Waals surface area (Å²) in [6.45, 7) is 0. The molecule has 0 spiro atoms. The highest BCUT2D eigenvalue weighted by molar-refractivity contribution is 6.17. The Hall–Kier alpha value is -0.700. The lowest BCUT2D eigenvalue weighted by molar-refractivity contribution is 0.506. The minimum Gasteiger partial charge on any atom is -0.190 e. The monoisotopic (exact) mass is 163 g/mol. The molecule has 0 atom stereocenters. The summed E-state index contributed by atoms with van der Waals surface area (Å²) < 4.78 is 24.5. The number of hydrogen-bond acceptors (Lipinski definition) is 1. The van der Waals surface area contributed by atoms with Crippen molar-refractivity contribution in [1.29, 1.82) is 0 Å². The van der Waals surface area contributed by atoms with Crippen molar-refractivity contribution in [3.63, 3.8) is 0 Å². The lowest BCUT2D eigenvalue weighted by Gasteiger charge is -1.94. The van der Waals surface area contributed by atoms with Crippen molar-refractivity contribution in [3.05, 3.63) is 29.6 Å². The van der Waals surface area contributed by atoms with E-state index in [1.54, 1.807) is 0 Å². The van der Waals surface area contributed by atoms with Gasteiger partial charge in [-0.2, -0.15) is 13.8 Å². The molecule has 0 aliphatic heterocycles. The molecule has 4 heteroatoms. The molecule has 54 valence electrons. The van der Waals surface area contributed by atoms with Crippen LogP contribution in [-0.2, 0) is 5.88 Å². The summed E-state index contributed by atoms with van der Waals surface area (Å²) in [5, 5.41) is 0. The van der Waals surface area contributed by atoms with E-state index >= 15 is 0 Å². The molecule has 0 aromatic carbocycles. The molecule has 0 bridgehead atoms. The number of alkyl halides is 1. The largest absolute Gasteiger partial charge is 0.219 e. The minimum absolute atomic E-state index is 0.0130. The van der Waals surface area contributed by atoms with Gasteiger partial charge in [-0.3, -0.25) is 0 Å². The fourth-order valence-corrected chi connectivity index (χ4v) is 0.740. The number of halogens is 3. The molecule has 1 heterocycles. The summed E-state index contributed by atoms with van der Waals surface area (Å²) in [6.07, 6.45) is 0. The fraction of sp³-hybridized carbons (Fsp3) is 0.167. The SMILES string of the molecule is Fc1ccc(CCl)c(F)n1. The summed E-state index contributed by atoms with van der Waals surface area (Å²) in [5.74, 6) is -1.65. The molecule has 0 N–H and O–H groups in total. The van der Waals surface area contributed by atoms with E-state index in [1.807, 2.05) is 0 Å². The van der Waals surface area contributed by atoms with Crippen LogP contribution in [0.3, 0.4) is 0 Å². The zero-order valence-corrected chi connectivity index (χ0v) is 5.70. The van der Waals surface area contributed by atoms with Crippen LogP contribution in [-0.4, -0.2) is 4.98 Å². The van der Waals surface area contributed by atoms with E-state index in [9.17, 15) is 8.78 Å². The molecule has 0 saturated carbocycles. The van der Waals surface area contributed by atoms with Crippen LogP contribution in [0.15, 0.2) is 12.1 Å². The van der Waals surface area contributed by atoms with Crippen molar-refractivity contribution < 1.29 is 8.78 Å². The molecule has 0 fully saturated rings. The average molecular weight is 164 g/mol. The second kappa shape index (κ2) is 2.92. The van der Waals surface area contributed by atoms with Gasteiger partial charge < -0.3 is 0 Å². The molecule has 1 nitrogen and oxygen atoms in total. The van der Waals surface area contributed by atoms with Gasteiger partial charge in [-0.1, -0.05) is 0 Å². The second-order valence-corrected chi connectivity index (χ2v) is 1.98. The lowest BCUT2D eigenvalue weighted by atomic mass is 10.3. The van der Waals surface area contributed by atoms with E-state index in [-0.39, 0.29) is 11.4 Å². The van der Waals surface area contributed by atoms with Crippen LogP contribution >= 0.6 is 11.6 Å². The summed E-state index contributed by atoms with van der Waals surface area (Å²) in [5.41, 5.74) is 0.211. The van der Waals surface area contributed by atoms with E-state index < -0.39 is 11.9 Å². The smallest absolute Gasteiger partial charge is 0.190 e. The Morgan fingerprint density at radius 2 is 2.10 bits per heavy atom. The Balaban J connectivity index is 3.07. The van der Waals surface area contributed by atoms with E-state index in [4.69, 9.17) is 11.6 Å². The van der Waals surface area contributed by atoms with Gasteiger partial charge in [0.2, 0.25) is 11.9 Å². The number of aromatic nitrogens is 1. The van der Waals surface area contributed by atoms with Crippen LogP contribution in [0, 0.1) is 11.9 Å². The maximum absolute atomic E-state index is 12.4. The predicted octanol–water partition coefficient (Wildman–Crippen LogP) is 2.10. The van der Waals surface area contributed by atoms with E-state index in [0.29, 0.717) is 0 Å². The van der Waals surface area contributed by atoms with Crippen LogP contribution in [0.5, 0.6) is 0 Å². The Morgan fingerprint density at radius 3 is 2.60 bits per heavy atom. The van der Waals surface area contributed by atoms with Gasteiger partial charge in [-0.05, 0) is 12.1 Å². The molecule has 0 unspecified atom stereocenters. The average Bonchev–Trinajstić information content (AvgIpc) is 1.88. The molecule has 0 amide bonds. The first-order chi connectivity index (χ1) is 4.74. The molecule has 0 aliphatic rings. The topological polar surface area (TPSA) is 12.9 Å². The molecule has 0 aliphatic carbocycles. The summed E-state index contributed by atoms with van der Waals surface area (Å²) in [7, 11) is 0. The molecular formula is C6H4ClF2N. The number of nitrogens with zero attached hydrogens (tertiary/aromatic N) is 1. The second-order valence-electron chi connectivity index (χ2n) is 1.72. The van der Waals surface area contributed by atoms with Crippen LogP contribution in [0.4, 0.5) is 8.78 Å². The van der Waals surface area contributed by atoms with Crippen molar-refractivity contribution >= 4 is 11.6 Å². The van der Waals surface area contributed by atoms with Gasteiger partial charge in [0.15, 0.2) is 0 Å². The van der Waals surface area contributed by atoms with Gasteiger partial charge >= 0.3 is 0 Å². The first kappa shape index (κ1) is 7.41. The maximum atomic E-state index is 12.4. The molecule has 10 heavy (non-hydrogen) atoms. The lowest BCUT2D eigenvalue weighted by Crippen LogP contribution is -1.92. The first-order valence-electron chi connectivity index (χ1n) is 2.61. The van der Waals surface area contributed by atoms with Gasteiger partial charge in [0.1, 0.15) is 0 Å². The maximum Gasteiger partial charge on any atom is 0.219 e. The third-order valence-corrected chi connectivity index (χ3v) is 1.32. The Bertz CT molecular complexity index is 239. The third kappa shape index (κ3) is 1.42. The van der Waals surface area contributed by atoms with Crippen molar-refractivity contribution in [3.8, 4) is 0 Å². The zero-order chi connectivity index (χ0) is 7.56. The van der Waals surface area contributed by atoms with Crippen molar-refractivity contribution in [1.82, 2.24) is 4.98 Å². The molecular weight excluding hydrogens is 160 g/mol. The van der Waals surface area contributed by atoms with Gasteiger partial charge in [-0.15, -0.1) is 11.6 Å². The Kier molecular flexibility index (Phi) is 2.17. The highest BCUT2D eigenvalue weighted by Crippen LogP contribution is 2.07. The first-order valence-corrected chi connectivity index (χ1v) is 3.14. The molecule has 0 radical (unpaired) electrons. The number of rotatable bonds is 1. The molecule has 1 rings (SSSR count). The van der Waals surface area contributed by atoms with Gasteiger partial charge in [-0.25, -0.2) is 0 Å². The van der Waals surface area contributed by atoms with Gasteiger partial charge in [0, 0.05) is 5.56 Å². The third-order valence-electron chi connectivity index (χ3n) is 1.04. The Morgan fingerprint density at radius 1 is 1.40 bits per heavy atom. The highest BCUT2D eigenvalue weighted by atomic mass is 35.5. The van der Waals surface area contributed by atoms with Crippen LogP contribution in [0.25, 0.3) is 0 Å². The van der Waals surface area contributed by atoms with Gasteiger partial charge in [0.25, 0.3) is 0 Å². The number of hydrogen-bond donors (Lipinski definition) is 0. The summed E-state index contributed by atoms with van der Waals surface area (Å²) in [4.78, 5) is 2.93. The Labute approximate surface area is 61.7 Å². The molecule has 1 aromatic rings. The predicted molar refractivity (Wildman–Crippen MR) is 33.7 cm³/mol. The molecule has 0 saturated heterocycles. The van der Waals surface area contributed by atoms with Crippen LogP contribution in [0.2, 0.25) is 0 Å². The van der Waals surface area contributed by atoms with Crippen LogP contribution < -0.4 is 0 Å².